The summed E-state index contributed by atoms with van der Waals surface area (Å²) in [6, 6.07) is 6.54. The minimum absolute atomic E-state index is 0.0246. The number of sulfonamides is 1. The van der Waals surface area contributed by atoms with E-state index in [4.69, 9.17) is 0 Å². The zero-order chi connectivity index (χ0) is 15.2. The first-order valence-electron chi connectivity index (χ1n) is 6.48. The Morgan fingerprint density at radius 1 is 1.25 bits per heavy atom. The van der Waals surface area contributed by atoms with Gasteiger partial charge in [0.2, 0.25) is 15.9 Å². The molecule has 0 atom stereocenters. The third-order valence-corrected chi connectivity index (χ3v) is 4.00. The molecule has 0 saturated heterocycles. The molecule has 1 aromatic rings. The second kappa shape index (κ2) is 7.25. The Hall–Kier alpha value is -1.60. The van der Waals surface area contributed by atoms with E-state index in [0.29, 0.717) is 12.2 Å². The van der Waals surface area contributed by atoms with E-state index in [9.17, 15) is 13.2 Å². The molecule has 0 radical (unpaired) electrons. The van der Waals surface area contributed by atoms with E-state index < -0.39 is 10.0 Å². The minimum atomic E-state index is -3.56. The number of amides is 1. The summed E-state index contributed by atoms with van der Waals surface area (Å²) in [6.07, 6.45) is 0. The van der Waals surface area contributed by atoms with Gasteiger partial charge in [-0.05, 0) is 26.0 Å². The topological polar surface area (TPSA) is 87.3 Å². The van der Waals surface area contributed by atoms with Crippen LogP contribution in [-0.4, -0.2) is 33.5 Å². The Kier molecular flexibility index (Phi) is 5.97. The normalized spacial score (nSPS) is 11.4. The number of hydrogen-bond acceptors (Lipinski definition) is 4. The first-order valence-corrected chi connectivity index (χ1v) is 7.97. The van der Waals surface area contributed by atoms with E-state index in [-0.39, 0.29) is 23.4 Å². The lowest BCUT2D eigenvalue weighted by Crippen LogP contribution is -2.35. The molecule has 7 heteroatoms. The molecule has 0 spiro atoms. The fraction of sp³-hybridized carbons (Fsp3) is 0.462. The monoisotopic (exact) mass is 299 g/mol. The van der Waals surface area contributed by atoms with E-state index in [1.165, 1.54) is 6.07 Å². The molecular formula is C13H21N3O3S. The molecule has 0 aliphatic heterocycles. The highest BCUT2D eigenvalue weighted by atomic mass is 32.2. The maximum absolute atomic E-state index is 12.0. The lowest BCUT2D eigenvalue weighted by atomic mass is 10.3. The molecule has 112 valence electrons. The van der Waals surface area contributed by atoms with Crippen LogP contribution in [0.3, 0.4) is 0 Å². The van der Waals surface area contributed by atoms with Crippen LogP contribution in [0, 0.1) is 0 Å². The minimum Gasteiger partial charge on any atom is -0.375 e. The third-order valence-electron chi connectivity index (χ3n) is 2.40. The Morgan fingerprint density at radius 2 is 1.90 bits per heavy atom. The van der Waals surface area contributed by atoms with E-state index in [0.717, 1.165) is 0 Å². The molecule has 0 aliphatic carbocycles. The van der Waals surface area contributed by atoms with Gasteiger partial charge in [-0.2, -0.15) is 0 Å². The molecule has 0 saturated carbocycles. The van der Waals surface area contributed by atoms with E-state index >= 15 is 0 Å². The van der Waals surface area contributed by atoms with Crippen LogP contribution in [0.15, 0.2) is 29.2 Å². The van der Waals surface area contributed by atoms with Gasteiger partial charge in [-0.3, -0.25) is 4.79 Å². The van der Waals surface area contributed by atoms with Crippen molar-refractivity contribution in [1.29, 1.82) is 0 Å². The van der Waals surface area contributed by atoms with E-state index in [2.05, 4.69) is 15.4 Å². The summed E-state index contributed by atoms with van der Waals surface area (Å²) in [7, 11) is -3.56. The fourth-order valence-electron chi connectivity index (χ4n) is 1.66. The lowest BCUT2D eigenvalue weighted by molar-refractivity contribution is -0.119. The van der Waals surface area contributed by atoms with Gasteiger partial charge in [-0.25, -0.2) is 13.1 Å². The highest BCUT2D eigenvalue weighted by Crippen LogP contribution is 2.20. The quantitative estimate of drug-likeness (QED) is 0.699. The summed E-state index contributed by atoms with van der Waals surface area (Å²) in [5.74, 6) is -0.185. The SMILES string of the molecule is CCNS(=O)(=O)c1ccccc1NCC(=O)NC(C)C. The average molecular weight is 299 g/mol. The van der Waals surface area contributed by atoms with Crippen molar-refractivity contribution in [2.45, 2.75) is 31.7 Å². The fourth-order valence-corrected chi connectivity index (χ4v) is 2.89. The molecule has 0 unspecified atom stereocenters. The van der Waals surface area contributed by atoms with Gasteiger partial charge in [0.25, 0.3) is 0 Å². The number of carbonyl (C=O) groups excluding carboxylic acids is 1. The Labute approximate surface area is 120 Å². The molecule has 0 bridgehead atoms. The van der Waals surface area contributed by atoms with Crippen molar-refractivity contribution in [3.05, 3.63) is 24.3 Å². The van der Waals surface area contributed by atoms with E-state index in [1.54, 1.807) is 25.1 Å². The third kappa shape index (κ3) is 4.82. The first-order chi connectivity index (χ1) is 9.36. The first kappa shape index (κ1) is 16.5. The summed E-state index contributed by atoms with van der Waals surface area (Å²) >= 11 is 0. The highest BCUT2D eigenvalue weighted by Gasteiger charge is 2.17. The largest absolute Gasteiger partial charge is 0.375 e. The second-order valence-electron chi connectivity index (χ2n) is 4.57. The summed E-state index contributed by atoms with van der Waals surface area (Å²) in [4.78, 5) is 11.7. The van der Waals surface area contributed by atoms with Crippen LogP contribution >= 0.6 is 0 Å². The molecular weight excluding hydrogens is 278 g/mol. The van der Waals surface area contributed by atoms with Gasteiger partial charge in [-0.15, -0.1) is 0 Å². The summed E-state index contributed by atoms with van der Waals surface area (Å²) in [5.41, 5.74) is 0.410. The molecule has 0 heterocycles. The number of nitrogens with one attached hydrogen (secondary N) is 3. The van der Waals surface area contributed by atoms with Gasteiger partial charge in [0.15, 0.2) is 0 Å². The number of benzene rings is 1. The number of rotatable bonds is 7. The van der Waals surface area contributed by atoms with Gasteiger partial charge < -0.3 is 10.6 Å². The summed E-state index contributed by atoms with van der Waals surface area (Å²) < 4.78 is 26.5. The Bertz CT molecular complexity index is 556. The van der Waals surface area contributed by atoms with Gasteiger partial charge in [0, 0.05) is 12.6 Å². The Morgan fingerprint density at radius 3 is 2.50 bits per heavy atom. The smallest absolute Gasteiger partial charge is 0.242 e. The molecule has 0 aliphatic rings. The molecule has 0 fully saturated rings. The van der Waals surface area contributed by atoms with Crippen LogP contribution in [0.5, 0.6) is 0 Å². The number of carbonyl (C=O) groups is 1. The number of anilines is 1. The maximum atomic E-state index is 12.0. The molecule has 0 aromatic heterocycles. The van der Waals surface area contributed by atoms with Crippen LogP contribution in [0.25, 0.3) is 0 Å². The highest BCUT2D eigenvalue weighted by molar-refractivity contribution is 7.89. The lowest BCUT2D eigenvalue weighted by Gasteiger charge is -2.13. The summed E-state index contributed by atoms with van der Waals surface area (Å²) in [5, 5.41) is 5.58. The predicted octanol–water partition coefficient (Wildman–Crippen LogP) is 0.921. The molecule has 1 aromatic carbocycles. The van der Waals surface area contributed by atoms with Crippen LogP contribution in [-0.2, 0) is 14.8 Å². The van der Waals surface area contributed by atoms with Crippen molar-refractivity contribution in [1.82, 2.24) is 10.0 Å². The van der Waals surface area contributed by atoms with Gasteiger partial charge in [0.05, 0.1) is 12.2 Å². The second-order valence-corrected chi connectivity index (χ2v) is 6.31. The Balaban J connectivity index is 2.84. The molecule has 3 N–H and O–H groups in total. The molecule has 1 rings (SSSR count). The zero-order valence-electron chi connectivity index (χ0n) is 11.9. The van der Waals surface area contributed by atoms with Crippen molar-refractivity contribution < 1.29 is 13.2 Å². The maximum Gasteiger partial charge on any atom is 0.242 e. The predicted molar refractivity (Wildman–Crippen MR) is 79.1 cm³/mol. The zero-order valence-corrected chi connectivity index (χ0v) is 12.8. The number of para-hydroxylation sites is 1. The summed E-state index contributed by atoms with van der Waals surface area (Å²) in [6.45, 7) is 5.77. The van der Waals surface area contributed by atoms with Crippen molar-refractivity contribution >= 4 is 21.6 Å². The van der Waals surface area contributed by atoms with Gasteiger partial charge in [-0.1, -0.05) is 19.1 Å². The average Bonchev–Trinajstić information content (AvgIpc) is 2.36. The molecule has 20 heavy (non-hydrogen) atoms. The number of hydrogen-bond donors (Lipinski definition) is 3. The van der Waals surface area contributed by atoms with Crippen LogP contribution in [0.1, 0.15) is 20.8 Å². The van der Waals surface area contributed by atoms with Crippen LogP contribution < -0.4 is 15.4 Å². The van der Waals surface area contributed by atoms with E-state index in [1.807, 2.05) is 13.8 Å². The molecule has 6 nitrogen and oxygen atoms in total. The van der Waals surface area contributed by atoms with Gasteiger partial charge in [0.1, 0.15) is 4.90 Å². The van der Waals surface area contributed by atoms with Crippen molar-refractivity contribution in [3.8, 4) is 0 Å². The van der Waals surface area contributed by atoms with Crippen molar-refractivity contribution in [2.24, 2.45) is 0 Å². The van der Waals surface area contributed by atoms with Crippen molar-refractivity contribution in [2.75, 3.05) is 18.4 Å². The van der Waals surface area contributed by atoms with Crippen molar-refractivity contribution in [3.63, 3.8) is 0 Å². The van der Waals surface area contributed by atoms with Crippen LogP contribution in [0.2, 0.25) is 0 Å². The van der Waals surface area contributed by atoms with Gasteiger partial charge >= 0.3 is 0 Å². The van der Waals surface area contributed by atoms with Crippen LogP contribution in [0.4, 0.5) is 5.69 Å². The standard InChI is InChI=1S/C13H21N3O3S/c1-4-15-20(18,19)12-8-6-5-7-11(12)14-9-13(17)16-10(2)3/h5-8,10,14-15H,4,9H2,1-3H3,(H,16,17). The molecule has 1 amide bonds.